The van der Waals surface area contributed by atoms with Gasteiger partial charge in [-0.25, -0.2) is 20.0 Å². The molecule has 0 unspecified atom stereocenters. The highest BCUT2D eigenvalue weighted by atomic mass is 16.3. The van der Waals surface area contributed by atoms with Gasteiger partial charge in [-0.15, -0.1) is 0 Å². The molecule has 3 N–H and O–H groups in total. The van der Waals surface area contributed by atoms with Crippen LogP contribution in [0.25, 0.3) is 0 Å². The Labute approximate surface area is 202 Å². The van der Waals surface area contributed by atoms with Gasteiger partial charge in [0.25, 0.3) is 0 Å². The second-order valence-electron chi connectivity index (χ2n) is 8.59. The van der Waals surface area contributed by atoms with Crippen LogP contribution in [0.2, 0.25) is 0 Å². The number of nitrogens with one attached hydrogen (secondary N) is 2. The van der Waals surface area contributed by atoms with Gasteiger partial charge in [0.2, 0.25) is 5.95 Å². The van der Waals surface area contributed by atoms with E-state index in [-0.39, 0.29) is 0 Å². The first-order valence-electron chi connectivity index (χ1n) is 11.5. The minimum atomic E-state index is -1.03. The van der Waals surface area contributed by atoms with Crippen LogP contribution in [0.3, 0.4) is 0 Å². The predicted molar refractivity (Wildman–Crippen MR) is 137 cm³/mol. The average molecular weight is 465 g/mol. The molecular formula is C25H36N8O. The zero-order valence-electron chi connectivity index (χ0n) is 20.8. The molecule has 2 aromatic rings. The molecule has 0 aromatic carbocycles. The van der Waals surface area contributed by atoms with Crippen molar-refractivity contribution in [3.05, 3.63) is 72.4 Å². The second kappa shape index (κ2) is 11.2. The van der Waals surface area contributed by atoms with Crippen molar-refractivity contribution in [2.45, 2.75) is 32.9 Å². The molecule has 1 aliphatic rings. The second-order valence-corrected chi connectivity index (χ2v) is 8.59. The summed E-state index contributed by atoms with van der Waals surface area (Å²) in [5.41, 5.74) is 1.63. The molecule has 0 atom stereocenters. The Hall–Kier alpha value is -3.27. The molecule has 9 heteroatoms. The van der Waals surface area contributed by atoms with Crippen LogP contribution in [-0.4, -0.2) is 63.7 Å². The number of anilines is 3. The van der Waals surface area contributed by atoms with Gasteiger partial charge in [0.05, 0.1) is 5.69 Å². The summed E-state index contributed by atoms with van der Waals surface area (Å²) in [5.74, 6) is 1.95. The number of hydrogen-bond donors (Lipinski definition) is 3. The van der Waals surface area contributed by atoms with E-state index in [1.165, 1.54) is 0 Å². The third-order valence-electron chi connectivity index (χ3n) is 5.52. The van der Waals surface area contributed by atoms with E-state index in [2.05, 4.69) is 39.0 Å². The van der Waals surface area contributed by atoms with Crippen molar-refractivity contribution in [1.29, 1.82) is 0 Å². The molecule has 0 aliphatic carbocycles. The molecular weight excluding hydrogens is 428 g/mol. The number of allylic oxidation sites excluding steroid dienone is 3. The van der Waals surface area contributed by atoms with Crippen LogP contribution >= 0.6 is 0 Å². The quantitative estimate of drug-likeness (QED) is 0.434. The SMILES string of the molecule is C=C/C(=C\C=C\Nc1ncc2c(n1)N(c1cccc(C(C)(C)O)n1)N(C)C2)N(CC)CCNC. The van der Waals surface area contributed by atoms with E-state index >= 15 is 0 Å². The summed E-state index contributed by atoms with van der Waals surface area (Å²) in [6.45, 7) is 12.9. The largest absolute Gasteiger partial charge is 0.384 e. The van der Waals surface area contributed by atoms with Crippen molar-refractivity contribution in [2.24, 2.45) is 0 Å². The zero-order valence-corrected chi connectivity index (χ0v) is 20.8. The van der Waals surface area contributed by atoms with E-state index in [9.17, 15) is 5.11 Å². The molecule has 9 nitrogen and oxygen atoms in total. The third kappa shape index (κ3) is 5.99. The maximum atomic E-state index is 10.4. The topological polar surface area (TPSA) is 92.7 Å². The van der Waals surface area contributed by atoms with Gasteiger partial charge in [0.15, 0.2) is 5.82 Å². The fourth-order valence-electron chi connectivity index (χ4n) is 3.70. The van der Waals surface area contributed by atoms with Gasteiger partial charge >= 0.3 is 0 Å². The maximum absolute atomic E-state index is 10.4. The predicted octanol–water partition coefficient (Wildman–Crippen LogP) is 3.13. The molecule has 2 aromatic heterocycles. The lowest BCUT2D eigenvalue weighted by Gasteiger charge is -2.26. The lowest BCUT2D eigenvalue weighted by molar-refractivity contribution is 0.0738. The van der Waals surface area contributed by atoms with Gasteiger partial charge in [0.1, 0.15) is 11.4 Å². The lowest BCUT2D eigenvalue weighted by Crippen LogP contribution is -2.31. The fourth-order valence-corrected chi connectivity index (χ4v) is 3.70. The molecule has 1 aliphatic heterocycles. The monoisotopic (exact) mass is 464 g/mol. The van der Waals surface area contributed by atoms with Crippen LogP contribution in [0.5, 0.6) is 0 Å². The number of hydrazine groups is 1. The highest BCUT2D eigenvalue weighted by molar-refractivity contribution is 5.62. The normalized spacial score (nSPS) is 14.5. The smallest absolute Gasteiger partial charge is 0.228 e. The van der Waals surface area contributed by atoms with Crippen molar-refractivity contribution >= 4 is 17.6 Å². The Morgan fingerprint density at radius 2 is 2.12 bits per heavy atom. The number of hydrogen-bond acceptors (Lipinski definition) is 9. The summed E-state index contributed by atoms with van der Waals surface area (Å²) in [5, 5.41) is 20.7. The van der Waals surface area contributed by atoms with E-state index in [4.69, 9.17) is 4.98 Å². The van der Waals surface area contributed by atoms with E-state index in [1.54, 1.807) is 13.8 Å². The van der Waals surface area contributed by atoms with Crippen LogP contribution in [0.1, 0.15) is 32.0 Å². The Morgan fingerprint density at radius 3 is 2.79 bits per heavy atom. The van der Waals surface area contributed by atoms with Crippen LogP contribution in [0, 0.1) is 0 Å². The highest BCUT2D eigenvalue weighted by Gasteiger charge is 2.30. The summed E-state index contributed by atoms with van der Waals surface area (Å²) in [6.07, 6.45) is 9.44. The number of fused-ring (bicyclic) bond motifs is 1. The molecule has 3 rings (SSSR count). The van der Waals surface area contributed by atoms with Gasteiger partial charge in [-0.2, -0.15) is 4.98 Å². The minimum absolute atomic E-state index is 0.491. The summed E-state index contributed by atoms with van der Waals surface area (Å²) in [7, 11) is 3.92. The molecule has 0 radical (unpaired) electrons. The molecule has 0 saturated heterocycles. The Morgan fingerprint density at radius 1 is 1.32 bits per heavy atom. The summed E-state index contributed by atoms with van der Waals surface area (Å²) in [4.78, 5) is 16.1. The van der Waals surface area contributed by atoms with Gasteiger partial charge < -0.3 is 20.6 Å². The molecule has 34 heavy (non-hydrogen) atoms. The van der Waals surface area contributed by atoms with E-state index in [0.29, 0.717) is 24.0 Å². The molecule has 0 amide bonds. The van der Waals surface area contributed by atoms with E-state index in [0.717, 1.165) is 36.7 Å². The van der Waals surface area contributed by atoms with Crippen molar-refractivity contribution in [3.63, 3.8) is 0 Å². The Kier molecular flexibility index (Phi) is 8.38. The van der Waals surface area contributed by atoms with Gasteiger partial charge in [0, 0.05) is 56.9 Å². The molecule has 0 bridgehead atoms. The van der Waals surface area contributed by atoms with Crippen molar-refractivity contribution in [3.8, 4) is 0 Å². The van der Waals surface area contributed by atoms with Crippen molar-refractivity contribution in [2.75, 3.05) is 44.1 Å². The van der Waals surface area contributed by atoms with E-state index in [1.807, 2.05) is 72.9 Å². The Bertz CT molecular complexity index is 1040. The van der Waals surface area contributed by atoms with Crippen LogP contribution < -0.4 is 15.6 Å². The fraction of sp³-hybridized carbons (Fsp3) is 0.400. The molecule has 0 fully saturated rings. The van der Waals surface area contributed by atoms with Crippen LogP contribution in [-0.2, 0) is 12.1 Å². The summed E-state index contributed by atoms with van der Waals surface area (Å²) in [6, 6.07) is 5.62. The molecule has 0 saturated carbocycles. The minimum Gasteiger partial charge on any atom is -0.384 e. The first kappa shape index (κ1) is 25.4. The molecule has 3 heterocycles. The molecule has 0 spiro atoms. The lowest BCUT2D eigenvalue weighted by atomic mass is 10.1. The Balaban J connectivity index is 1.78. The first-order valence-corrected chi connectivity index (χ1v) is 11.5. The number of nitrogens with zero attached hydrogens (tertiary/aromatic N) is 6. The van der Waals surface area contributed by atoms with Crippen molar-refractivity contribution in [1.82, 2.24) is 30.2 Å². The number of likely N-dealkylation sites (N-methyl/N-ethyl adjacent to an activating group) is 2. The third-order valence-corrected chi connectivity index (χ3v) is 5.52. The van der Waals surface area contributed by atoms with Crippen LogP contribution in [0.15, 0.2) is 61.1 Å². The summed E-state index contributed by atoms with van der Waals surface area (Å²) >= 11 is 0. The van der Waals surface area contributed by atoms with Crippen LogP contribution in [0.4, 0.5) is 17.6 Å². The number of aliphatic hydroxyl groups is 1. The highest BCUT2D eigenvalue weighted by Crippen LogP contribution is 2.35. The first-order chi connectivity index (χ1) is 16.3. The van der Waals surface area contributed by atoms with E-state index < -0.39 is 5.60 Å². The van der Waals surface area contributed by atoms with Gasteiger partial charge in [-0.1, -0.05) is 12.6 Å². The molecule has 182 valence electrons. The van der Waals surface area contributed by atoms with Crippen molar-refractivity contribution < 1.29 is 5.11 Å². The average Bonchev–Trinajstić information content (AvgIpc) is 3.15. The van der Waals surface area contributed by atoms with Gasteiger partial charge in [-0.3, -0.25) is 0 Å². The number of rotatable bonds is 11. The maximum Gasteiger partial charge on any atom is 0.228 e. The number of aromatic nitrogens is 3. The zero-order chi connectivity index (χ0) is 24.7. The number of pyridine rings is 1. The summed E-state index contributed by atoms with van der Waals surface area (Å²) < 4.78 is 0. The van der Waals surface area contributed by atoms with Gasteiger partial charge in [-0.05, 0) is 58.2 Å². The standard InChI is InChI=1S/C25H36N8O/c1-7-20(32(8-2)16-15-26-5)11-10-14-27-24-28-17-19-18-31(6)33(23(19)30-24)22-13-9-12-21(29-22)25(3,4)34/h7,9-14,17,26,34H,1,8,15-16,18H2,2-6H3,(H,27,28,30)/b14-10+,20-11+.